The molecule has 5 aromatic rings. The highest BCUT2D eigenvalue weighted by molar-refractivity contribution is 7.89. The number of nitrogens with zero attached hydrogens (tertiary/aromatic N) is 1. The van der Waals surface area contributed by atoms with Gasteiger partial charge in [0.25, 0.3) is 10.0 Å². The van der Waals surface area contributed by atoms with Crippen LogP contribution in [0.5, 0.6) is 5.75 Å². The van der Waals surface area contributed by atoms with Crippen molar-refractivity contribution in [3.05, 3.63) is 126 Å². The molecule has 0 saturated carbocycles. The molecule has 7 nitrogen and oxygen atoms in total. The molecule has 0 bridgehead atoms. The molecule has 0 fully saturated rings. The quantitative estimate of drug-likeness (QED) is 0.196. The van der Waals surface area contributed by atoms with E-state index in [1.165, 1.54) is 19.2 Å². The van der Waals surface area contributed by atoms with E-state index in [2.05, 4.69) is 0 Å². The molecule has 40 heavy (non-hydrogen) atoms. The van der Waals surface area contributed by atoms with E-state index in [0.717, 1.165) is 25.9 Å². The summed E-state index contributed by atoms with van der Waals surface area (Å²) in [6, 6.07) is 31.9. The van der Waals surface area contributed by atoms with E-state index in [1.807, 2.05) is 60.7 Å². The second-order valence-electron chi connectivity index (χ2n) is 9.31. The topological polar surface area (TPSA) is 90.0 Å². The van der Waals surface area contributed by atoms with Crippen LogP contribution in [-0.4, -0.2) is 38.1 Å². The van der Waals surface area contributed by atoms with Crippen molar-refractivity contribution in [2.24, 2.45) is 0 Å². The lowest BCUT2D eigenvalue weighted by Crippen LogP contribution is -2.36. The van der Waals surface area contributed by atoms with Crippen LogP contribution in [0, 0.1) is 0 Å². The molecule has 0 atom stereocenters. The normalized spacial score (nSPS) is 14.2. The Morgan fingerprint density at radius 1 is 0.725 bits per heavy atom. The van der Waals surface area contributed by atoms with Gasteiger partial charge in [-0.1, -0.05) is 78.9 Å². The SMILES string of the molecule is CN1C(C(=O)c2ccc3ccccc3c2)=C(OC(=O)COc2ccc3ccccc3c2)c2ccccc2S1(=O)=O. The zero-order chi connectivity index (χ0) is 27.9. The van der Waals surface area contributed by atoms with Crippen LogP contribution in [0.15, 0.2) is 120 Å². The van der Waals surface area contributed by atoms with Gasteiger partial charge in [0.15, 0.2) is 12.4 Å². The number of esters is 1. The maximum absolute atomic E-state index is 13.9. The molecule has 1 aliphatic heterocycles. The van der Waals surface area contributed by atoms with Crippen LogP contribution in [0.25, 0.3) is 27.3 Å². The molecule has 5 aromatic carbocycles. The summed E-state index contributed by atoms with van der Waals surface area (Å²) in [5.41, 5.74) is 0.132. The maximum Gasteiger partial charge on any atom is 0.349 e. The molecule has 6 rings (SSSR count). The van der Waals surface area contributed by atoms with Gasteiger partial charge >= 0.3 is 5.97 Å². The van der Waals surface area contributed by atoms with E-state index >= 15 is 0 Å². The van der Waals surface area contributed by atoms with E-state index in [9.17, 15) is 18.0 Å². The molecule has 1 heterocycles. The Balaban J connectivity index is 1.37. The van der Waals surface area contributed by atoms with Crippen molar-refractivity contribution >= 4 is 49.1 Å². The van der Waals surface area contributed by atoms with Crippen molar-refractivity contribution < 1.29 is 27.5 Å². The Kier molecular flexibility index (Phi) is 6.32. The van der Waals surface area contributed by atoms with Crippen molar-refractivity contribution in [2.75, 3.05) is 13.7 Å². The van der Waals surface area contributed by atoms with Gasteiger partial charge in [-0.15, -0.1) is 0 Å². The average Bonchev–Trinajstić information content (AvgIpc) is 2.98. The molecule has 0 N–H and O–H groups in total. The number of fused-ring (bicyclic) bond motifs is 3. The van der Waals surface area contributed by atoms with Crippen molar-refractivity contribution in [1.82, 2.24) is 4.31 Å². The molecule has 0 amide bonds. The summed E-state index contributed by atoms with van der Waals surface area (Å²) < 4.78 is 39.1. The first-order valence-electron chi connectivity index (χ1n) is 12.5. The number of rotatable bonds is 6. The van der Waals surface area contributed by atoms with Crippen LogP contribution < -0.4 is 4.74 Å². The smallest absolute Gasteiger partial charge is 0.349 e. The van der Waals surface area contributed by atoms with Crippen molar-refractivity contribution in [2.45, 2.75) is 4.90 Å². The molecule has 1 aliphatic rings. The minimum atomic E-state index is -4.08. The lowest BCUT2D eigenvalue weighted by atomic mass is 10.0. The minimum Gasteiger partial charge on any atom is -0.482 e. The Morgan fingerprint density at radius 3 is 2.05 bits per heavy atom. The number of likely N-dealkylation sites (N-methyl/N-ethyl adjacent to an activating group) is 1. The van der Waals surface area contributed by atoms with Crippen molar-refractivity contribution in [1.29, 1.82) is 0 Å². The number of hydrogen-bond acceptors (Lipinski definition) is 6. The fourth-order valence-electron chi connectivity index (χ4n) is 4.78. The first-order chi connectivity index (χ1) is 19.3. The molecule has 0 aromatic heterocycles. The summed E-state index contributed by atoms with van der Waals surface area (Å²) in [5.74, 6) is -1.04. The van der Waals surface area contributed by atoms with E-state index < -0.39 is 28.4 Å². The Morgan fingerprint density at radius 2 is 1.32 bits per heavy atom. The molecular weight excluding hydrogens is 526 g/mol. The highest BCUT2D eigenvalue weighted by Crippen LogP contribution is 2.38. The number of hydrogen-bond donors (Lipinski definition) is 0. The Labute approximate surface area is 230 Å². The molecule has 198 valence electrons. The van der Waals surface area contributed by atoms with Gasteiger partial charge in [0.1, 0.15) is 11.4 Å². The second kappa shape index (κ2) is 9.98. The number of Topliss-reactive ketones (excluding diaryl/α,β-unsaturated/α-hetero) is 1. The Hall–Kier alpha value is -4.95. The van der Waals surface area contributed by atoms with Gasteiger partial charge in [0.05, 0.1) is 4.90 Å². The summed E-state index contributed by atoms with van der Waals surface area (Å²) in [5, 5.41) is 3.73. The fraction of sp³-hybridized carbons (Fsp3) is 0.0625. The van der Waals surface area contributed by atoms with E-state index in [1.54, 1.807) is 36.4 Å². The number of ketones is 1. The molecule has 0 aliphatic carbocycles. The van der Waals surface area contributed by atoms with Gasteiger partial charge < -0.3 is 9.47 Å². The number of ether oxygens (including phenoxy) is 2. The van der Waals surface area contributed by atoms with Crippen molar-refractivity contribution in [3.63, 3.8) is 0 Å². The lowest BCUT2D eigenvalue weighted by molar-refractivity contribution is -0.139. The predicted octanol–water partition coefficient (Wildman–Crippen LogP) is 5.80. The molecular formula is C32H23NO6S. The van der Waals surface area contributed by atoms with Crippen LogP contribution in [-0.2, 0) is 19.6 Å². The van der Waals surface area contributed by atoms with Gasteiger partial charge in [0.2, 0.25) is 5.78 Å². The van der Waals surface area contributed by atoms with E-state index in [4.69, 9.17) is 9.47 Å². The maximum atomic E-state index is 13.9. The van der Waals surface area contributed by atoms with Crippen LogP contribution in [0.3, 0.4) is 0 Å². The third-order valence-corrected chi connectivity index (χ3v) is 8.64. The third kappa shape index (κ3) is 4.48. The highest BCUT2D eigenvalue weighted by Gasteiger charge is 2.39. The standard InChI is InChI=1S/C32H23NO6S/c1-33-30(31(35)25-15-14-21-8-2-4-10-23(21)18-25)32(27-12-6-7-13-28(27)40(33,36)37)39-29(34)20-38-26-17-16-22-9-3-5-11-24(22)19-26/h2-19H,20H2,1H3. The predicted molar refractivity (Wildman–Crippen MR) is 152 cm³/mol. The first kappa shape index (κ1) is 25.3. The van der Waals surface area contributed by atoms with Gasteiger partial charge in [-0.05, 0) is 51.9 Å². The number of benzene rings is 5. The zero-order valence-corrected chi connectivity index (χ0v) is 22.2. The largest absolute Gasteiger partial charge is 0.482 e. The molecule has 0 radical (unpaired) electrons. The van der Waals surface area contributed by atoms with Gasteiger partial charge in [-0.25, -0.2) is 13.2 Å². The number of allylic oxidation sites excluding steroid dienone is 1. The summed E-state index contributed by atoms with van der Waals surface area (Å²) in [4.78, 5) is 26.8. The van der Waals surface area contributed by atoms with E-state index in [-0.39, 0.29) is 27.5 Å². The monoisotopic (exact) mass is 549 g/mol. The minimum absolute atomic E-state index is 0.0641. The second-order valence-corrected chi connectivity index (χ2v) is 11.2. The van der Waals surface area contributed by atoms with Crippen LogP contribution in [0.1, 0.15) is 15.9 Å². The lowest BCUT2D eigenvalue weighted by Gasteiger charge is -2.30. The summed E-state index contributed by atoms with van der Waals surface area (Å²) >= 11 is 0. The molecule has 0 unspecified atom stereocenters. The summed E-state index contributed by atoms with van der Waals surface area (Å²) in [6.45, 7) is -0.447. The van der Waals surface area contributed by atoms with Gasteiger partial charge in [-0.2, -0.15) is 0 Å². The highest BCUT2D eigenvalue weighted by atomic mass is 32.2. The zero-order valence-electron chi connectivity index (χ0n) is 21.4. The number of carbonyl (C=O) groups excluding carboxylic acids is 2. The number of sulfonamides is 1. The summed E-state index contributed by atoms with van der Waals surface area (Å²) in [6.07, 6.45) is 0. The first-order valence-corrected chi connectivity index (χ1v) is 14.0. The number of carbonyl (C=O) groups is 2. The molecule has 8 heteroatoms. The Bertz CT molecular complexity index is 1960. The van der Waals surface area contributed by atoms with Gasteiger partial charge in [-0.3, -0.25) is 9.10 Å². The van der Waals surface area contributed by atoms with Crippen molar-refractivity contribution in [3.8, 4) is 5.75 Å². The van der Waals surface area contributed by atoms with Crippen LogP contribution >= 0.6 is 0 Å². The fourth-order valence-corrected chi connectivity index (χ4v) is 6.17. The molecule has 0 saturated heterocycles. The van der Waals surface area contributed by atoms with Gasteiger partial charge in [0, 0.05) is 18.2 Å². The third-order valence-electron chi connectivity index (χ3n) is 6.82. The molecule has 0 spiro atoms. The summed E-state index contributed by atoms with van der Waals surface area (Å²) in [7, 11) is -2.80. The van der Waals surface area contributed by atoms with E-state index in [0.29, 0.717) is 5.75 Å². The average molecular weight is 550 g/mol. The van der Waals surface area contributed by atoms with Crippen LogP contribution in [0.2, 0.25) is 0 Å². The van der Waals surface area contributed by atoms with Crippen LogP contribution in [0.4, 0.5) is 0 Å².